The number of hydrogen-bond acceptors (Lipinski definition) is 5. The summed E-state index contributed by atoms with van der Waals surface area (Å²) in [5, 5.41) is 8.56. The van der Waals surface area contributed by atoms with Gasteiger partial charge in [0.25, 0.3) is 0 Å². The quantitative estimate of drug-likeness (QED) is 0.567. The second-order valence-corrected chi connectivity index (χ2v) is 5.84. The van der Waals surface area contributed by atoms with E-state index in [-0.39, 0.29) is 12.4 Å². The van der Waals surface area contributed by atoms with Gasteiger partial charge in [-0.2, -0.15) is 5.26 Å². The monoisotopic (exact) mass is 327 g/mol. The molecule has 2 rings (SSSR count). The summed E-state index contributed by atoms with van der Waals surface area (Å²) in [4.78, 5) is 14.1. The lowest BCUT2D eigenvalue weighted by Crippen LogP contribution is -1.96. The Balaban J connectivity index is 2.12. The van der Waals surface area contributed by atoms with Crippen molar-refractivity contribution in [2.24, 2.45) is 0 Å². The van der Waals surface area contributed by atoms with E-state index in [1.807, 2.05) is 24.3 Å². The minimum absolute atomic E-state index is 0.0153. The van der Waals surface area contributed by atoms with Gasteiger partial charge in [0.05, 0.1) is 12.0 Å². The van der Waals surface area contributed by atoms with Crippen LogP contribution in [0, 0.1) is 11.3 Å². The number of carbonyl (C=O) groups is 1. The van der Waals surface area contributed by atoms with Gasteiger partial charge < -0.3 is 9.47 Å². The summed E-state index contributed by atoms with van der Waals surface area (Å²) in [5.74, 6) is 1.01. The largest absolute Gasteiger partial charge is 0.493 e. The van der Waals surface area contributed by atoms with Crippen molar-refractivity contribution in [2.75, 3.05) is 13.7 Å². The Kier molecular flexibility index (Phi) is 5.95. The first-order chi connectivity index (χ1) is 11.2. The Bertz CT molecular complexity index is 756. The third kappa shape index (κ3) is 4.44. The first kappa shape index (κ1) is 16.8. The normalized spacial score (nSPS) is 10.5. The zero-order valence-corrected chi connectivity index (χ0v) is 13.9. The number of ketones is 1. The van der Waals surface area contributed by atoms with Crippen LogP contribution in [-0.4, -0.2) is 19.5 Å². The van der Waals surface area contributed by atoms with E-state index in [1.165, 1.54) is 23.3 Å². The van der Waals surface area contributed by atoms with Crippen LogP contribution < -0.4 is 9.47 Å². The van der Waals surface area contributed by atoms with Crippen LogP contribution in [0.5, 0.6) is 11.5 Å². The fourth-order valence-corrected chi connectivity index (χ4v) is 2.84. The topological polar surface area (TPSA) is 59.3 Å². The number of nitriles is 1. The SMILES string of the molecule is CCc1ccc(C(=O)/C=C/c2ccc(OCC#N)c(OC)c2)s1. The summed E-state index contributed by atoms with van der Waals surface area (Å²) in [6, 6.07) is 11.1. The van der Waals surface area contributed by atoms with E-state index >= 15 is 0 Å². The van der Waals surface area contributed by atoms with Crippen LogP contribution in [0.1, 0.15) is 27.0 Å². The van der Waals surface area contributed by atoms with Crippen molar-refractivity contribution in [3.63, 3.8) is 0 Å². The summed E-state index contributed by atoms with van der Waals surface area (Å²) < 4.78 is 10.5. The molecule has 1 aromatic heterocycles. The number of thiophene rings is 1. The summed E-state index contributed by atoms with van der Waals surface area (Å²) in [5.41, 5.74) is 0.826. The molecule has 0 bridgehead atoms. The Morgan fingerprint density at radius 1 is 1.30 bits per heavy atom. The number of methoxy groups -OCH3 is 1. The predicted molar refractivity (Wildman–Crippen MR) is 91.2 cm³/mol. The molecule has 1 heterocycles. The second kappa shape index (κ2) is 8.16. The smallest absolute Gasteiger partial charge is 0.195 e. The Hall–Kier alpha value is -2.58. The molecule has 1 aromatic carbocycles. The summed E-state index contributed by atoms with van der Waals surface area (Å²) in [7, 11) is 1.53. The average Bonchev–Trinajstić information content (AvgIpc) is 3.07. The number of rotatable bonds is 7. The van der Waals surface area contributed by atoms with Gasteiger partial charge in [-0.05, 0) is 42.3 Å². The molecule has 0 aliphatic rings. The minimum Gasteiger partial charge on any atom is -0.493 e. The van der Waals surface area contributed by atoms with E-state index in [9.17, 15) is 4.79 Å². The molecule has 0 fully saturated rings. The molecule has 0 spiro atoms. The van der Waals surface area contributed by atoms with Crippen LogP contribution in [-0.2, 0) is 6.42 Å². The van der Waals surface area contributed by atoms with Crippen molar-refractivity contribution >= 4 is 23.2 Å². The van der Waals surface area contributed by atoms with Crippen molar-refractivity contribution in [1.29, 1.82) is 5.26 Å². The fraction of sp³-hybridized carbons (Fsp3) is 0.222. The molecule has 0 amide bonds. The lowest BCUT2D eigenvalue weighted by molar-refractivity contribution is 0.105. The molecule has 0 atom stereocenters. The number of ether oxygens (including phenoxy) is 2. The van der Waals surface area contributed by atoms with Crippen molar-refractivity contribution in [2.45, 2.75) is 13.3 Å². The van der Waals surface area contributed by atoms with Gasteiger partial charge in [0.1, 0.15) is 6.07 Å². The number of aryl methyl sites for hydroxylation is 1. The molecule has 5 heteroatoms. The van der Waals surface area contributed by atoms with Gasteiger partial charge in [-0.15, -0.1) is 11.3 Å². The molecular weight excluding hydrogens is 310 g/mol. The molecule has 2 aromatic rings. The maximum Gasteiger partial charge on any atom is 0.195 e. The molecule has 0 unspecified atom stereocenters. The maximum atomic E-state index is 12.1. The van der Waals surface area contributed by atoms with E-state index in [2.05, 4.69) is 6.92 Å². The lowest BCUT2D eigenvalue weighted by atomic mass is 10.1. The predicted octanol–water partition coefficient (Wildman–Crippen LogP) is 4.12. The van der Waals surface area contributed by atoms with Crippen LogP contribution in [0.2, 0.25) is 0 Å². The molecule has 0 saturated heterocycles. The Morgan fingerprint density at radius 3 is 2.78 bits per heavy atom. The van der Waals surface area contributed by atoms with Crippen LogP contribution in [0.3, 0.4) is 0 Å². The van der Waals surface area contributed by atoms with Gasteiger partial charge in [0.2, 0.25) is 0 Å². The highest BCUT2D eigenvalue weighted by molar-refractivity contribution is 7.14. The molecule has 0 radical (unpaired) electrons. The highest BCUT2D eigenvalue weighted by Gasteiger charge is 2.07. The van der Waals surface area contributed by atoms with Crippen molar-refractivity contribution in [1.82, 2.24) is 0 Å². The van der Waals surface area contributed by atoms with Crippen LogP contribution in [0.25, 0.3) is 6.08 Å². The summed E-state index contributed by atoms with van der Waals surface area (Å²) in [6.07, 6.45) is 4.23. The summed E-state index contributed by atoms with van der Waals surface area (Å²) in [6.45, 7) is 2.03. The Labute approximate surface area is 139 Å². The van der Waals surface area contributed by atoms with E-state index in [0.717, 1.165) is 16.9 Å². The lowest BCUT2D eigenvalue weighted by Gasteiger charge is -2.08. The first-order valence-electron chi connectivity index (χ1n) is 7.16. The second-order valence-electron chi connectivity index (χ2n) is 4.67. The molecule has 4 nitrogen and oxygen atoms in total. The van der Waals surface area contributed by atoms with E-state index in [0.29, 0.717) is 11.5 Å². The number of allylic oxidation sites excluding steroid dienone is 1. The number of hydrogen-bond donors (Lipinski definition) is 0. The Morgan fingerprint density at radius 2 is 2.13 bits per heavy atom. The molecule has 118 valence electrons. The van der Waals surface area contributed by atoms with Gasteiger partial charge in [-0.3, -0.25) is 4.79 Å². The molecule has 0 aliphatic carbocycles. The highest BCUT2D eigenvalue weighted by atomic mass is 32.1. The van der Waals surface area contributed by atoms with Crippen molar-refractivity contribution in [3.8, 4) is 17.6 Å². The standard InChI is InChI=1S/C18H17NO3S/c1-3-14-6-9-18(23-14)15(20)7-4-13-5-8-16(22-11-10-19)17(12-13)21-2/h4-9,12H,3,11H2,1-2H3/b7-4+. The first-order valence-corrected chi connectivity index (χ1v) is 7.98. The van der Waals surface area contributed by atoms with Crippen LogP contribution >= 0.6 is 11.3 Å². The third-order valence-electron chi connectivity index (χ3n) is 3.16. The molecule has 0 N–H and O–H groups in total. The number of benzene rings is 1. The van der Waals surface area contributed by atoms with Crippen LogP contribution in [0.15, 0.2) is 36.4 Å². The minimum atomic E-state index is -0.0395. The fourth-order valence-electron chi connectivity index (χ4n) is 1.97. The molecular formula is C18H17NO3S. The number of nitrogens with zero attached hydrogens (tertiary/aromatic N) is 1. The highest BCUT2D eigenvalue weighted by Crippen LogP contribution is 2.28. The molecule has 23 heavy (non-hydrogen) atoms. The van der Waals surface area contributed by atoms with E-state index < -0.39 is 0 Å². The van der Waals surface area contributed by atoms with Crippen molar-refractivity contribution in [3.05, 3.63) is 51.7 Å². The van der Waals surface area contributed by atoms with Crippen molar-refractivity contribution < 1.29 is 14.3 Å². The molecule has 0 aliphatic heterocycles. The van der Waals surface area contributed by atoms with Gasteiger partial charge in [-0.1, -0.05) is 19.1 Å². The third-order valence-corrected chi connectivity index (χ3v) is 4.40. The average molecular weight is 327 g/mol. The summed E-state index contributed by atoms with van der Waals surface area (Å²) >= 11 is 1.52. The molecule has 0 saturated carbocycles. The zero-order chi connectivity index (χ0) is 16.7. The van der Waals surface area contributed by atoms with E-state index in [4.69, 9.17) is 14.7 Å². The van der Waals surface area contributed by atoms with E-state index in [1.54, 1.807) is 24.3 Å². The van der Waals surface area contributed by atoms with Gasteiger partial charge in [-0.25, -0.2) is 0 Å². The van der Waals surface area contributed by atoms with Gasteiger partial charge in [0, 0.05) is 4.88 Å². The number of carbonyl (C=O) groups excluding carboxylic acids is 1. The maximum absolute atomic E-state index is 12.1. The zero-order valence-electron chi connectivity index (χ0n) is 13.0. The van der Waals surface area contributed by atoms with Gasteiger partial charge >= 0.3 is 0 Å². The van der Waals surface area contributed by atoms with Crippen LogP contribution in [0.4, 0.5) is 0 Å². The van der Waals surface area contributed by atoms with Gasteiger partial charge in [0.15, 0.2) is 23.9 Å².